The molecule has 2 atom stereocenters. The monoisotopic (exact) mass is 484 g/mol. The minimum atomic E-state index is -2.16. The quantitative estimate of drug-likeness (QED) is 0.582. The Hall–Kier alpha value is -3.19. The molecule has 0 spiro atoms. The van der Waals surface area contributed by atoms with Crippen LogP contribution >= 0.6 is 0 Å². The largest absolute Gasteiger partial charge is 0.454 e. The van der Waals surface area contributed by atoms with Crippen LogP contribution < -0.4 is 9.64 Å². The van der Waals surface area contributed by atoms with Gasteiger partial charge in [-0.15, -0.1) is 0 Å². The second-order valence-corrected chi connectivity index (χ2v) is 10.6. The van der Waals surface area contributed by atoms with Gasteiger partial charge >= 0.3 is 0 Å². The van der Waals surface area contributed by atoms with Crippen LogP contribution in [0.5, 0.6) is 5.75 Å². The minimum absolute atomic E-state index is 0.253. The molecule has 0 amide bonds. The molecule has 3 aromatic carbocycles. The van der Waals surface area contributed by atoms with Gasteiger partial charge in [-0.25, -0.2) is 0 Å². The van der Waals surface area contributed by atoms with Gasteiger partial charge in [0, 0.05) is 49.5 Å². The predicted molar refractivity (Wildman–Crippen MR) is 138 cm³/mol. The Labute approximate surface area is 211 Å². The third kappa shape index (κ3) is 3.25. The molecule has 6 nitrogen and oxygen atoms in total. The topological polar surface area (TPSA) is 73.2 Å². The summed E-state index contributed by atoms with van der Waals surface area (Å²) in [6.45, 7) is 10.3. The molecule has 2 aliphatic heterocycles. The van der Waals surface area contributed by atoms with Crippen LogP contribution in [-0.4, -0.2) is 47.1 Å². The zero-order valence-corrected chi connectivity index (χ0v) is 21.0. The summed E-state index contributed by atoms with van der Waals surface area (Å²) in [7, 11) is 0. The molecule has 186 valence electrons. The number of ketones is 1. The summed E-state index contributed by atoms with van der Waals surface area (Å²) in [6, 6.07) is 19.5. The predicted octanol–water partition coefficient (Wildman–Crippen LogP) is 4.06. The first-order chi connectivity index (χ1) is 17.2. The van der Waals surface area contributed by atoms with E-state index in [0.29, 0.717) is 22.4 Å². The maximum Gasteiger partial charge on any atom is 0.276 e. The van der Waals surface area contributed by atoms with E-state index in [9.17, 15) is 15.0 Å². The summed E-state index contributed by atoms with van der Waals surface area (Å²) in [5.41, 5.74) is 3.15. The van der Waals surface area contributed by atoms with Gasteiger partial charge in [-0.05, 0) is 36.1 Å². The lowest BCUT2D eigenvalue weighted by atomic mass is 9.86. The van der Waals surface area contributed by atoms with Gasteiger partial charge in [0.15, 0.2) is 0 Å². The highest BCUT2D eigenvalue weighted by Crippen LogP contribution is 2.59. The molecular weight excluding hydrogens is 452 g/mol. The van der Waals surface area contributed by atoms with Crippen molar-refractivity contribution >= 4 is 11.5 Å². The number of nitrogens with zero attached hydrogens (tertiary/aromatic N) is 2. The van der Waals surface area contributed by atoms with Crippen molar-refractivity contribution in [3.63, 3.8) is 0 Å². The number of fused-ring (bicyclic) bond motifs is 5. The molecule has 3 aliphatic rings. The average Bonchev–Trinajstić information content (AvgIpc) is 3.21. The van der Waals surface area contributed by atoms with Gasteiger partial charge in [0.05, 0.1) is 5.56 Å². The van der Waals surface area contributed by atoms with Crippen LogP contribution in [0.25, 0.3) is 0 Å². The normalized spacial score (nSPS) is 25.1. The van der Waals surface area contributed by atoms with Gasteiger partial charge in [0.25, 0.3) is 5.79 Å². The molecule has 1 aliphatic carbocycles. The maximum atomic E-state index is 13.9. The first kappa shape index (κ1) is 23.2. The summed E-state index contributed by atoms with van der Waals surface area (Å²) in [6.07, 6.45) is 0. The van der Waals surface area contributed by atoms with Gasteiger partial charge in [0.2, 0.25) is 11.4 Å². The summed E-state index contributed by atoms with van der Waals surface area (Å²) < 4.78 is 6.00. The van der Waals surface area contributed by atoms with Crippen LogP contribution in [0.2, 0.25) is 0 Å². The lowest BCUT2D eigenvalue weighted by Crippen LogP contribution is -2.48. The first-order valence-electron chi connectivity index (χ1n) is 12.7. The van der Waals surface area contributed by atoms with E-state index in [1.54, 1.807) is 12.1 Å². The number of aliphatic hydroxyl groups is 2. The number of anilines is 1. The number of aryl methyl sites for hydroxylation is 1. The van der Waals surface area contributed by atoms with Crippen molar-refractivity contribution in [1.82, 2.24) is 4.90 Å². The molecule has 1 saturated heterocycles. The molecule has 6 rings (SSSR count). The van der Waals surface area contributed by atoms with Crippen molar-refractivity contribution in [2.45, 2.75) is 44.6 Å². The van der Waals surface area contributed by atoms with Crippen LogP contribution in [-0.2, 0) is 17.9 Å². The SMILES string of the molecule is Cc1ccc(CN2CCN(c3cccc4c3C(=O)C3(O)c5ccc(C(C)C)cc5OC43O)CC2)cc1. The Morgan fingerprint density at radius 1 is 0.944 bits per heavy atom. The number of carbonyl (C=O) groups excluding carboxylic acids is 1. The van der Waals surface area contributed by atoms with Gasteiger partial charge < -0.3 is 19.8 Å². The van der Waals surface area contributed by atoms with Gasteiger partial charge in [-0.3, -0.25) is 9.69 Å². The minimum Gasteiger partial charge on any atom is -0.454 e. The fraction of sp³-hybridized carbons (Fsp3) is 0.367. The molecule has 0 bridgehead atoms. The Balaban J connectivity index is 1.28. The highest BCUT2D eigenvalue weighted by molar-refractivity contribution is 6.13. The molecule has 0 saturated carbocycles. The van der Waals surface area contributed by atoms with E-state index >= 15 is 0 Å². The first-order valence-corrected chi connectivity index (χ1v) is 12.7. The van der Waals surface area contributed by atoms with Crippen LogP contribution in [0.4, 0.5) is 5.69 Å². The third-order valence-corrected chi connectivity index (χ3v) is 8.01. The zero-order chi connectivity index (χ0) is 25.2. The Kier molecular flexibility index (Phi) is 5.27. The van der Waals surface area contributed by atoms with Crippen LogP contribution in [0, 0.1) is 6.92 Å². The van der Waals surface area contributed by atoms with Crippen molar-refractivity contribution in [2.75, 3.05) is 31.1 Å². The third-order valence-electron chi connectivity index (χ3n) is 8.01. The number of benzene rings is 3. The van der Waals surface area contributed by atoms with Gasteiger partial charge in [-0.2, -0.15) is 0 Å². The summed E-state index contributed by atoms with van der Waals surface area (Å²) in [5, 5.41) is 23.5. The zero-order valence-electron chi connectivity index (χ0n) is 21.0. The standard InChI is InChI=1S/C30H32N2O4/c1-19(2)22-11-12-23-26(17-22)36-30(35)24-5-4-6-25(27(24)28(33)29(23,30)34)32-15-13-31(14-16-32)18-21-9-7-20(3)8-10-21/h4-12,17,19,34-35H,13-16,18H2,1-3H3. The van der Waals surface area contributed by atoms with Crippen molar-refractivity contribution in [3.05, 3.63) is 94.0 Å². The summed E-state index contributed by atoms with van der Waals surface area (Å²) >= 11 is 0. The molecule has 2 N–H and O–H groups in total. The number of hydrogen-bond donors (Lipinski definition) is 2. The van der Waals surface area contributed by atoms with E-state index in [2.05, 4.69) is 54.8 Å². The van der Waals surface area contributed by atoms with Crippen molar-refractivity contribution < 1.29 is 19.7 Å². The fourth-order valence-electron chi connectivity index (χ4n) is 5.83. The van der Waals surface area contributed by atoms with E-state index in [1.807, 2.05) is 24.3 Å². The van der Waals surface area contributed by atoms with Crippen LogP contribution in [0.15, 0.2) is 60.7 Å². The lowest BCUT2D eigenvalue weighted by molar-refractivity contribution is -0.224. The highest BCUT2D eigenvalue weighted by Gasteiger charge is 2.71. The van der Waals surface area contributed by atoms with Crippen LogP contribution in [0.3, 0.4) is 0 Å². The van der Waals surface area contributed by atoms with Gasteiger partial charge in [-0.1, -0.05) is 67.9 Å². The number of piperazine rings is 1. The summed E-state index contributed by atoms with van der Waals surface area (Å²) in [5.74, 6) is -2.03. The van der Waals surface area contributed by atoms with Gasteiger partial charge in [0.1, 0.15) is 5.75 Å². The summed E-state index contributed by atoms with van der Waals surface area (Å²) in [4.78, 5) is 18.4. The molecule has 3 aromatic rings. The number of ether oxygens (including phenoxy) is 1. The molecule has 0 radical (unpaired) electrons. The number of rotatable bonds is 4. The molecule has 36 heavy (non-hydrogen) atoms. The van der Waals surface area contributed by atoms with E-state index in [1.165, 1.54) is 11.1 Å². The van der Waals surface area contributed by atoms with E-state index in [0.717, 1.165) is 44.0 Å². The van der Waals surface area contributed by atoms with Crippen molar-refractivity contribution in [3.8, 4) is 5.75 Å². The molecule has 0 aromatic heterocycles. The second kappa shape index (κ2) is 8.17. The number of hydrogen-bond acceptors (Lipinski definition) is 6. The second-order valence-electron chi connectivity index (χ2n) is 10.6. The maximum absolute atomic E-state index is 13.9. The molecule has 2 unspecified atom stereocenters. The van der Waals surface area contributed by atoms with E-state index in [-0.39, 0.29) is 5.92 Å². The molecule has 1 fully saturated rings. The van der Waals surface area contributed by atoms with E-state index < -0.39 is 17.2 Å². The number of Topliss-reactive ketones (excluding diaryl/α,β-unsaturated/α-hetero) is 1. The Morgan fingerprint density at radius 2 is 1.67 bits per heavy atom. The highest BCUT2D eigenvalue weighted by atomic mass is 16.7. The van der Waals surface area contributed by atoms with E-state index in [4.69, 9.17) is 4.74 Å². The van der Waals surface area contributed by atoms with Crippen molar-refractivity contribution in [1.29, 1.82) is 0 Å². The average molecular weight is 485 g/mol. The number of carbonyl (C=O) groups is 1. The van der Waals surface area contributed by atoms with Crippen LogP contribution in [0.1, 0.15) is 57.9 Å². The fourth-order valence-corrected chi connectivity index (χ4v) is 5.83. The Bertz CT molecular complexity index is 1340. The smallest absolute Gasteiger partial charge is 0.276 e. The molecular formula is C30H32N2O4. The lowest BCUT2D eigenvalue weighted by Gasteiger charge is -2.37. The Morgan fingerprint density at radius 3 is 2.36 bits per heavy atom. The molecule has 6 heteroatoms. The van der Waals surface area contributed by atoms with Crippen molar-refractivity contribution in [2.24, 2.45) is 0 Å². The molecule has 2 heterocycles.